The number of carboxylic acid groups (broad SMARTS) is 1. The van der Waals surface area contributed by atoms with E-state index in [1.165, 1.54) is 21.3 Å². The summed E-state index contributed by atoms with van der Waals surface area (Å²) in [6, 6.07) is 2.12. The van der Waals surface area contributed by atoms with E-state index in [-0.39, 0.29) is 22.8 Å². The fourth-order valence-electron chi connectivity index (χ4n) is 1.59. The second-order valence-corrected chi connectivity index (χ2v) is 3.79. The summed E-state index contributed by atoms with van der Waals surface area (Å²) in [6.45, 7) is 0. The number of aliphatic hydroxyl groups excluding tert-OH is 1. The van der Waals surface area contributed by atoms with Crippen molar-refractivity contribution >= 4 is 5.97 Å². The van der Waals surface area contributed by atoms with Crippen molar-refractivity contribution in [3.8, 4) is 17.2 Å². The van der Waals surface area contributed by atoms with Gasteiger partial charge in [-0.1, -0.05) is 0 Å². The van der Waals surface area contributed by atoms with Crippen molar-refractivity contribution in [1.82, 2.24) is 0 Å². The highest BCUT2D eigenvalue weighted by Gasteiger charge is 2.48. The van der Waals surface area contributed by atoms with Crippen molar-refractivity contribution < 1.29 is 38.0 Å². The summed E-state index contributed by atoms with van der Waals surface area (Å²) in [7, 11) is 3.86. The van der Waals surface area contributed by atoms with Crippen LogP contribution in [0.3, 0.4) is 0 Å². The Morgan fingerprint density at radius 3 is 1.90 bits per heavy atom. The number of ether oxygens (including phenoxy) is 3. The lowest BCUT2D eigenvalue weighted by Crippen LogP contribution is -2.35. The van der Waals surface area contributed by atoms with Crippen LogP contribution in [-0.2, 0) is 4.79 Å². The summed E-state index contributed by atoms with van der Waals surface area (Å²) >= 11 is 0. The van der Waals surface area contributed by atoms with Crippen LogP contribution in [0.5, 0.6) is 17.2 Å². The van der Waals surface area contributed by atoms with E-state index in [0.717, 1.165) is 12.1 Å². The summed E-state index contributed by atoms with van der Waals surface area (Å²) in [5.74, 6) is -6.57. The predicted molar refractivity (Wildman–Crippen MR) is 63.6 cm³/mol. The van der Waals surface area contributed by atoms with Gasteiger partial charge in [-0.25, -0.2) is 4.79 Å². The van der Waals surface area contributed by atoms with Crippen molar-refractivity contribution in [3.63, 3.8) is 0 Å². The number of alkyl halides is 2. The fourth-order valence-corrected chi connectivity index (χ4v) is 1.59. The third-order valence-corrected chi connectivity index (χ3v) is 2.63. The van der Waals surface area contributed by atoms with Gasteiger partial charge in [0.15, 0.2) is 17.6 Å². The molecule has 1 aromatic rings. The third kappa shape index (κ3) is 2.74. The number of hydrogen-bond donors (Lipinski definition) is 2. The quantitative estimate of drug-likeness (QED) is 0.825. The zero-order valence-corrected chi connectivity index (χ0v) is 11.0. The van der Waals surface area contributed by atoms with Crippen LogP contribution in [0.25, 0.3) is 0 Å². The Morgan fingerprint density at radius 1 is 1.15 bits per heavy atom. The van der Waals surface area contributed by atoms with Crippen LogP contribution in [0.4, 0.5) is 8.78 Å². The van der Waals surface area contributed by atoms with Gasteiger partial charge in [-0.15, -0.1) is 0 Å². The maximum atomic E-state index is 13.3. The second-order valence-electron chi connectivity index (χ2n) is 3.79. The number of aliphatic hydroxyl groups is 1. The highest BCUT2D eigenvalue weighted by Crippen LogP contribution is 2.42. The largest absolute Gasteiger partial charge is 0.493 e. The van der Waals surface area contributed by atoms with Crippen molar-refractivity contribution in [2.24, 2.45) is 0 Å². The first-order valence-corrected chi connectivity index (χ1v) is 5.38. The van der Waals surface area contributed by atoms with Gasteiger partial charge in [0.25, 0.3) is 0 Å². The molecule has 112 valence electrons. The van der Waals surface area contributed by atoms with E-state index < -0.39 is 18.0 Å². The first-order valence-electron chi connectivity index (χ1n) is 5.38. The van der Waals surface area contributed by atoms with Crippen LogP contribution in [0.1, 0.15) is 11.7 Å². The van der Waals surface area contributed by atoms with Gasteiger partial charge in [-0.3, -0.25) is 0 Å². The summed E-state index contributed by atoms with van der Waals surface area (Å²) in [5, 5.41) is 18.0. The molecule has 20 heavy (non-hydrogen) atoms. The average Bonchev–Trinajstić information content (AvgIpc) is 2.44. The predicted octanol–water partition coefficient (Wildman–Crippen LogP) is 1.47. The number of carboxylic acids is 1. The Bertz CT molecular complexity index is 478. The van der Waals surface area contributed by atoms with Gasteiger partial charge in [-0.2, -0.15) is 8.78 Å². The summed E-state index contributed by atoms with van der Waals surface area (Å²) in [4.78, 5) is 10.5. The van der Waals surface area contributed by atoms with Gasteiger partial charge in [-0.05, 0) is 17.7 Å². The topological polar surface area (TPSA) is 85.2 Å². The number of benzene rings is 1. The molecule has 0 aliphatic rings. The molecule has 0 bridgehead atoms. The molecule has 0 saturated carbocycles. The van der Waals surface area contributed by atoms with Crippen LogP contribution in [0.2, 0.25) is 0 Å². The monoisotopic (exact) mass is 292 g/mol. The molecule has 8 heteroatoms. The molecule has 1 rings (SSSR count). The Morgan fingerprint density at radius 2 is 1.60 bits per heavy atom. The van der Waals surface area contributed by atoms with Crippen LogP contribution in [0.15, 0.2) is 12.1 Å². The van der Waals surface area contributed by atoms with Gasteiger partial charge in [0.1, 0.15) is 0 Å². The SMILES string of the molecule is COc1cc(C(O)C(F)(F)C(=O)O)cc(OC)c1OC. The van der Waals surface area contributed by atoms with Crippen LogP contribution in [-0.4, -0.2) is 43.4 Å². The molecular formula is C12H14F2O6. The van der Waals surface area contributed by atoms with E-state index in [0.29, 0.717) is 0 Å². The number of hydrogen-bond acceptors (Lipinski definition) is 5. The second kappa shape index (κ2) is 5.91. The normalized spacial score (nSPS) is 12.7. The Labute approximate surface area is 113 Å². The molecule has 1 unspecified atom stereocenters. The van der Waals surface area contributed by atoms with Gasteiger partial charge < -0.3 is 24.4 Å². The van der Waals surface area contributed by atoms with Crippen LogP contribution >= 0.6 is 0 Å². The summed E-state index contributed by atoms with van der Waals surface area (Å²) in [5.41, 5.74) is -0.369. The lowest BCUT2D eigenvalue weighted by Gasteiger charge is -2.21. The first-order chi connectivity index (χ1) is 9.29. The molecular weight excluding hydrogens is 278 g/mol. The van der Waals surface area contributed by atoms with E-state index in [9.17, 15) is 18.7 Å². The lowest BCUT2D eigenvalue weighted by molar-refractivity contribution is -0.182. The van der Waals surface area contributed by atoms with Gasteiger partial charge in [0.05, 0.1) is 21.3 Å². The zero-order chi connectivity index (χ0) is 15.5. The maximum absolute atomic E-state index is 13.3. The average molecular weight is 292 g/mol. The molecule has 0 fully saturated rings. The molecule has 0 saturated heterocycles. The highest BCUT2D eigenvalue weighted by atomic mass is 19.3. The van der Waals surface area contributed by atoms with E-state index in [2.05, 4.69) is 0 Å². The molecule has 6 nitrogen and oxygen atoms in total. The molecule has 0 radical (unpaired) electrons. The standard InChI is InChI=1S/C12H14F2O6/c1-18-7-4-6(5-8(19-2)9(7)20-3)10(15)12(13,14)11(16)17/h4-5,10,15H,1-3H3,(H,16,17). The number of halogens is 2. The van der Waals surface area contributed by atoms with Crippen molar-refractivity contribution in [3.05, 3.63) is 17.7 Å². The smallest absolute Gasteiger partial charge is 0.377 e. The molecule has 0 aliphatic heterocycles. The molecule has 0 aromatic heterocycles. The van der Waals surface area contributed by atoms with E-state index in [1.807, 2.05) is 0 Å². The minimum atomic E-state index is -4.34. The summed E-state index contributed by atoms with van der Waals surface area (Å²) < 4.78 is 41.5. The molecule has 0 aliphatic carbocycles. The van der Waals surface area contributed by atoms with Crippen LogP contribution in [0, 0.1) is 0 Å². The summed E-state index contributed by atoms with van der Waals surface area (Å²) in [6.07, 6.45) is -2.55. The number of aliphatic carboxylic acids is 1. The Balaban J connectivity index is 3.36. The minimum Gasteiger partial charge on any atom is -0.493 e. The highest BCUT2D eigenvalue weighted by molar-refractivity contribution is 5.76. The van der Waals surface area contributed by atoms with E-state index in [1.54, 1.807) is 0 Å². The minimum absolute atomic E-state index is 0.0297. The maximum Gasteiger partial charge on any atom is 0.377 e. The van der Waals surface area contributed by atoms with E-state index in [4.69, 9.17) is 19.3 Å². The van der Waals surface area contributed by atoms with Crippen LogP contribution < -0.4 is 14.2 Å². The third-order valence-electron chi connectivity index (χ3n) is 2.63. The fraction of sp³-hybridized carbons (Fsp3) is 0.417. The lowest BCUT2D eigenvalue weighted by atomic mass is 10.0. The molecule has 1 aromatic carbocycles. The van der Waals surface area contributed by atoms with E-state index >= 15 is 0 Å². The van der Waals surface area contributed by atoms with Gasteiger partial charge in [0, 0.05) is 0 Å². The number of carbonyl (C=O) groups is 1. The van der Waals surface area contributed by atoms with Crippen molar-refractivity contribution in [1.29, 1.82) is 0 Å². The first kappa shape index (κ1) is 16.0. The van der Waals surface area contributed by atoms with Gasteiger partial charge in [0.2, 0.25) is 5.75 Å². The Hall–Kier alpha value is -2.09. The molecule has 2 N–H and O–H groups in total. The molecule has 0 spiro atoms. The zero-order valence-electron chi connectivity index (χ0n) is 11.0. The van der Waals surface area contributed by atoms with Crippen molar-refractivity contribution in [2.45, 2.75) is 12.0 Å². The number of methoxy groups -OCH3 is 3. The molecule has 1 atom stereocenters. The molecule has 0 heterocycles. The molecule has 0 amide bonds. The van der Waals surface area contributed by atoms with Crippen molar-refractivity contribution in [2.75, 3.05) is 21.3 Å². The van der Waals surface area contributed by atoms with Gasteiger partial charge >= 0.3 is 11.9 Å². The Kier molecular flexibility index (Phi) is 4.72. The number of rotatable bonds is 6.